The molecule has 0 amide bonds. The van der Waals surface area contributed by atoms with E-state index in [4.69, 9.17) is 0 Å². The van der Waals surface area contributed by atoms with Crippen molar-refractivity contribution in [2.75, 3.05) is 13.1 Å². The summed E-state index contributed by atoms with van der Waals surface area (Å²) in [7, 11) is 0. The maximum atomic E-state index is 3.58. The highest BCUT2D eigenvalue weighted by atomic mass is 79.9. The third kappa shape index (κ3) is 4.72. The van der Waals surface area contributed by atoms with Gasteiger partial charge >= 0.3 is 0 Å². The molecule has 0 aliphatic carbocycles. The van der Waals surface area contributed by atoms with Crippen LogP contribution in [0.4, 0.5) is 0 Å². The Hall–Kier alpha value is 0.140. The van der Waals surface area contributed by atoms with Gasteiger partial charge in [0.05, 0.1) is 0 Å². The number of hydrogen-bond donors (Lipinski definition) is 1. The van der Waals surface area contributed by atoms with Crippen LogP contribution in [0, 0.1) is 11.3 Å². The zero-order valence-corrected chi connectivity index (χ0v) is 13.7. The van der Waals surface area contributed by atoms with E-state index in [9.17, 15) is 0 Å². The Bertz CT molecular complexity index is 335. The molecule has 0 aliphatic heterocycles. The van der Waals surface area contributed by atoms with Crippen molar-refractivity contribution in [1.29, 1.82) is 0 Å². The minimum absolute atomic E-state index is 0.347. The summed E-state index contributed by atoms with van der Waals surface area (Å²) in [4.78, 5) is 1.48. The molecule has 0 saturated carbocycles. The van der Waals surface area contributed by atoms with Gasteiger partial charge in [0.1, 0.15) is 0 Å². The van der Waals surface area contributed by atoms with Crippen LogP contribution in [-0.4, -0.2) is 13.1 Å². The molecule has 1 N–H and O–H groups in total. The van der Waals surface area contributed by atoms with Gasteiger partial charge in [-0.3, -0.25) is 0 Å². The van der Waals surface area contributed by atoms with E-state index in [2.05, 4.69) is 60.4 Å². The summed E-state index contributed by atoms with van der Waals surface area (Å²) in [6.07, 6.45) is 2.37. The predicted molar refractivity (Wildman–Crippen MR) is 81.8 cm³/mol. The van der Waals surface area contributed by atoms with Crippen molar-refractivity contribution >= 4 is 27.3 Å². The van der Waals surface area contributed by atoms with Crippen LogP contribution in [0.2, 0.25) is 0 Å². The molecule has 0 saturated heterocycles. The number of halogens is 1. The normalized spacial score (nSPS) is 15.2. The van der Waals surface area contributed by atoms with Gasteiger partial charge in [-0.25, -0.2) is 0 Å². The smallest absolute Gasteiger partial charge is 0.0285 e. The van der Waals surface area contributed by atoms with Gasteiger partial charge in [0, 0.05) is 21.3 Å². The first kappa shape index (κ1) is 15.2. The minimum atomic E-state index is 0.347. The number of thiophene rings is 1. The van der Waals surface area contributed by atoms with E-state index in [0.717, 1.165) is 19.5 Å². The molecule has 1 atom stereocenters. The third-order valence-electron chi connectivity index (χ3n) is 3.55. The van der Waals surface area contributed by atoms with E-state index in [-0.39, 0.29) is 0 Å². The maximum absolute atomic E-state index is 3.58. The van der Waals surface area contributed by atoms with Crippen molar-refractivity contribution in [1.82, 2.24) is 5.32 Å². The lowest BCUT2D eigenvalue weighted by atomic mass is 9.76. The van der Waals surface area contributed by atoms with Crippen LogP contribution in [0.5, 0.6) is 0 Å². The lowest BCUT2D eigenvalue weighted by Crippen LogP contribution is -2.38. The standard InChI is InChI=1S/C14H24BrNS/c1-5-6-16-10-14(4,11(2)3)8-13-7-12(15)9-17-13/h7,9,11,16H,5-6,8,10H2,1-4H3. The summed E-state index contributed by atoms with van der Waals surface area (Å²) in [6.45, 7) is 11.5. The highest BCUT2D eigenvalue weighted by molar-refractivity contribution is 9.10. The van der Waals surface area contributed by atoms with Gasteiger partial charge in [0.25, 0.3) is 0 Å². The van der Waals surface area contributed by atoms with Gasteiger partial charge < -0.3 is 5.32 Å². The zero-order chi connectivity index (χ0) is 12.9. The fraction of sp³-hybridized carbons (Fsp3) is 0.714. The quantitative estimate of drug-likeness (QED) is 0.718. The van der Waals surface area contributed by atoms with Gasteiger partial charge in [-0.1, -0.05) is 27.7 Å². The second-order valence-corrected chi connectivity index (χ2v) is 7.30. The lowest BCUT2D eigenvalue weighted by molar-refractivity contribution is 0.209. The topological polar surface area (TPSA) is 12.0 Å². The van der Waals surface area contributed by atoms with Crippen LogP contribution < -0.4 is 5.32 Å². The molecule has 3 heteroatoms. The van der Waals surface area contributed by atoms with E-state index in [0.29, 0.717) is 11.3 Å². The van der Waals surface area contributed by atoms with Crippen molar-refractivity contribution in [2.45, 2.75) is 40.5 Å². The highest BCUT2D eigenvalue weighted by Crippen LogP contribution is 2.33. The van der Waals surface area contributed by atoms with Crippen molar-refractivity contribution in [3.63, 3.8) is 0 Å². The molecule has 0 aliphatic rings. The van der Waals surface area contributed by atoms with Gasteiger partial charge in [-0.2, -0.15) is 0 Å². The first-order chi connectivity index (χ1) is 7.98. The molecule has 0 bridgehead atoms. The molecule has 17 heavy (non-hydrogen) atoms. The molecular weight excluding hydrogens is 294 g/mol. The SMILES string of the molecule is CCCNCC(C)(Cc1cc(Br)cs1)C(C)C. The fourth-order valence-corrected chi connectivity index (χ4v) is 3.51. The average Bonchev–Trinajstić information content (AvgIpc) is 2.64. The molecule has 98 valence electrons. The summed E-state index contributed by atoms with van der Waals surface area (Å²) in [5, 5.41) is 5.75. The van der Waals surface area contributed by atoms with Crippen LogP contribution in [-0.2, 0) is 6.42 Å². The molecule has 1 nitrogen and oxygen atoms in total. The molecule has 1 heterocycles. The summed E-state index contributed by atoms with van der Waals surface area (Å²) in [6, 6.07) is 2.26. The molecule has 1 aromatic rings. The number of hydrogen-bond acceptors (Lipinski definition) is 2. The monoisotopic (exact) mass is 317 g/mol. The summed E-state index contributed by atoms with van der Waals surface area (Å²) in [5.74, 6) is 0.688. The number of nitrogens with one attached hydrogen (secondary N) is 1. The molecule has 1 unspecified atom stereocenters. The van der Waals surface area contributed by atoms with Crippen LogP contribution >= 0.6 is 27.3 Å². The molecule has 1 aromatic heterocycles. The average molecular weight is 318 g/mol. The van der Waals surface area contributed by atoms with E-state index in [1.165, 1.54) is 15.8 Å². The first-order valence-corrected chi connectivity index (χ1v) is 8.09. The predicted octanol–water partition coefficient (Wildman–Crippen LogP) is 4.72. The second-order valence-electron chi connectivity index (χ2n) is 5.39. The van der Waals surface area contributed by atoms with Crippen molar-refractivity contribution in [2.24, 2.45) is 11.3 Å². The zero-order valence-electron chi connectivity index (χ0n) is 11.3. The molecule has 0 aromatic carbocycles. The van der Waals surface area contributed by atoms with Gasteiger partial charge in [-0.05, 0) is 52.7 Å². The van der Waals surface area contributed by atoms with E-state index < -0.39 is 0 Å². The summed E-state index contributed by atoms with van der Waals surface area (Å²) in [5.41, 5.74) is 0.347. The van der Waals surface area contributed by atoms with Crippen LogP contribution in [0.3, 0.4) is 0 Å². The Morgan fingerprint density at radius 3 is 2.65 bits per heavy atom. The van der Waals surface area contributed by atoms with Crippen molar-refractivity contribution < 1.29 is 0 Å². The molecule has 0 radical (unpaired) electrons. The summed E-state index contributed by atoms with van der Waals surface area (Å²) >= 11 is 5.39. The number of rotatable bonds is 7. The maximum Gasteiger partial charge on any atom is 0.0285 e. The Kier molecular flexibility index (Phi) is 6.18. The van der Waals surface area contributed by atoms with Crippen LogP contribution in [0.25, 0.3) is 0 Å². The van der Waals surface area contributed by atoms with Gasteiger partial charge in [-0.15, -0.1) is 11.3 Å². The first-order valence-electron chi connectivity index (χ1n) is 6.41. The third-order valence-corrected chi connectivity index (χ3v) is 5.25. The molecule has 0 fully saturated rings. The van der Waals surface area contributed by atoms with E-state index in [1.807, 2.05) is 11.3 Å². The second kappa shape index (κ2) is 6.91. The largest absolute Gasteiger partial charge is 0.316 e. The van der Waals surface area contributed by atoms with Crippen LogP contribution in [0.1, 0.15) is 39.0 Å². The van der Waals surface area contributed by atoms with Gasteiger partial charge in [0.2, 0.25) is 0 Å². The molecule has 1 rings (SSSR count). The van der Waals surface area contributed by atoms with Crippen molar-refractivity contribution in [3.05, 3.63) is 20.8 Å². The highest BCUT2D eigenvalue weighted by Gasteiger charge is 2.28. The Morgan fingerprint density at radius 1 is 1.47 bits per heavy atom. The minimum Gasteiger partial charge on any atom is -0.316 e. The van der Waals surface area contributed by atoms with Crippen molar-refractivity contribution in [3.8, 4) is 0 Å². The Morgan fingerprint density at radius 2 is 2.18 bits per heavy atom. The Labute approximate surface area is 118 Å². The summed E-state index contributed by atoms with van der Waals surface area (Å²) < 4.78 is 1.21. The molecular formula is C14H24BrNS. The fourth-order valence-electron chi connectivity index (χ4n) is 1.87. The van der Waals surface area contributed by atoms with Crippen LogP contribution in [0.15, 0.2) is 15.9 Å². The van der Waals surface area contributed by atoms with Gasteiger partial charge in [0.15, 0.2) is 0 Å². The Balaban J connectivity index is 2.64. The lowest BCUT2D eigenvalue weighted by Gasteiger charge is -2.34. The van der Waals surface area contributed by atoms with E-state index in [1.54, 1.807) is 0 Å². The van der Waals surface area contributed by atoms with E-state index >= 15 is 0 Å². The molecule has 0 spiro atoms.